The lowest BCUT2D eigenvalue weighted by atomic mass is 10.4. The lowest BCUT2D eigenvalue weighted by molar-refractivity contribution is 0.602. The molecule has 0 aliphatic rings. The molecule has 0 fully saturated rings. The average Bonchev–Trinajstić information content (AvgIpc) is 2.09. The van der Waals surface area contributed by atoms with Crippen LogP contribution in [0.2, 0.25) is 0 Å². The summed E-state index contributed by atoms with van der Waals surface area (Å²) in [5.74, 6) is 0. The molecule has 0 bridgehead atoms. The minimum absolute atomic E-state index is 1.06. The zero-order valence-corrected chi connectivity index (χ0v) is 9.65. The molecule has 0 saturated carbocycles. The minimum Gasteiger partial charge on any atom is -0.250 e. The van der Waals surface area contributed by atoms with Gasteiger partial charge in [0.05, 0.1) is 0 Å². The van der Waals surface area contributed by atoms with E-state index in [1.165, 1.54) is 4.90 Å². The van der Waals surface area contributed by atoms with Gasteiger partial charge in [0, 0.05) is 15.9 Å². The monoisotopic (exact) mass is 245 g/mol. The first-order valence-electron chi connectivity index (χ1n) is 3.87. The van der Waals surface area contributed by atoms with Crippen molar-refractivity contribution >= 4 is 27.9 Å². The predicted molar refractivity (Wildman–Crippen MR) is 58.3 cm³/mol. The lowest BCUT2D eigenvalue weighted by Crippen LogP contribution is -2.06. The van der Waals surface area contributed by atoms with Crippen LogP contribution >= 0.6 is 27.9 Å². The van der Waals surface area contributed by atoms with Gasteiger partial charge in [-0.15, -0.1) is 0 Å². The second kappa shape index (κ2) is 4.90. The van der Waals surface area contributed by atoms with Crippen molar-refractivity contribution < 1.29 is 0 Å². The largest absolute Gasteiger partial charge is 0.250 e. The first kappa shape index (κ1) is 10.1. The highest BCUT2D eigenvalue weighted by Crippen LogP contribution is 2.22. The molecule has 0 heterocycles. The van der Waals surface area contributed by atoms with Crippen molar-refractivity contribution in [2.24, 2.45) is 0 Å². The molecule has 0 aliphatic carbocycles. The Morgan fingerprint density at radius 2 is 1.92 bits per heavy atom. The molecule has 12 heavy (non-hydrogen) atoms. The molecule has 0 N–H and O–H groups in total. The molecule has 0 aromatic heterocycles. The van der Waals surface area contributed by atoms with Crippen molar-refractivity contribution in [3.05, 3.63) is 28.7 Å². The van der Waals surface area contributed by atoms with E-state index in [4.69, 9.17) is 0 Å². The first-order chi connectivity index (χ1) is 5.72. The Bertz CT molecular complexity index is 235. The summed E-state index contributed by atoms with van der Waals surface area (Å²) in [6.45, 7) is 3.20. The van der Waals surface area contributed by atoms with Crippen molar-refractivity contribution in [1.82, 2.24) is 4.31 Å². The van der Waals surface area contributed by atoms with Gasteiger partial charge < -0.3 is 0 Å². The molecule has 0 unspecified atom stereocenters. The highest BCUT2D eigenvalue weighted by molar-refractivity contribution is 9.10. The summed E-state index contributed by atoms with van der Waals surface area (Å²) in [7, 11) is 2.09. The van der Waals surface area contributed by atoms with Gasteiger partial charge in [0.2, 0.25) is 0 Å². The number of halogens is 1. The average molecular weight is 246 g/mol. The van der Waals surface area contributed by atoms with Crippen LogP contribution in [0.3, 0.4) is 0 Å². The van der Waals surface area contributed by atoms with Gasteiger partial charge in [0.25, 0.3) is 0 Å². The molecule has 0 spiro atoms. The third-order valence-corrected chi connectivity index (χ3v) is 3.10. The number of benzene rings is 1. The van der Waals surface area contributed by atoms with Crippen LogP contribution in [-0.4, -0.2) is 17.9 Å². The molecular formula is C9H12BrNS. The topological polar surface area (TPSA) is 3.24 Å². The molecule has 1 rings (SSSR count). The standard InChI is InChI=1S/C9H12BrNS/c1-3-11(2)12-9-6-4-8(10)5-7-9/h4-7H,3H2,1-2H3. The third kappa shape index (κ3) is 3.17. The Kier molecular flexibility index (Phi) is 4.12. The van der Waals surface area contributed by atoms with Crippen molar-refractivity contribution in [3.63, 3.8) is 0 Å². The summed E-state index contributed by atoms with van der Waals surface area (Å²) in [4.78, 5) is 1.28. The molecule has 1 nitrogen and oxygen atoms in total. The SMILES string of the molecule is CCN(C)Sc1ccc(Br)cc1. The Balaban J connectivity index is 2.58. The van der Waals surface area contributed by atoms with E-state index in [0.29, 0.717) is 0 Å². The van der Waals surface area contributed by atoms with Gasteiger partial charge in [-0.1, -0.05) is 22.9 Å². The van der Waals surface area contributed by atoms with E-state index < -0.39 is 0 Å². The van der Waals surface area contributed by atoms with E-state index in [9.17, 15) is 0 Å². The zero-order chi connectivity index (χ0) is 8.97. The molecule has 0 amide bonds. The van der Waals surface area contributed by atoms with Crippen LogP contribution in [0, 0.1) is 0 Å². The number of nitrogens with zero attached hydrogens (tertiary/aromatic N) is 1. The maximum Gasteiger partial charge on any atom is 0.0231 e. The summed E-state index contributed by atoms with van der Waals surface area (Å²) >= 11 is 5.17. The normalized spacial score (nSPS) is 10.7. The first-order valence-corrected chi connectivity index (χ1v) is 5.43. The van der Waals surface area contributed by atoms with Crippen LogP contribution in [0.5, 0.6) is 0 Å². The van der Waals surface area contributed by atoms with Gasteiger partial charge in [-0.3, -0.25) is 0 Å². The molecular weight excluding hydrogens is 234 g/mol. The second-order valence-electron chi connectivity index (χ2n) is 2.49. The van der Waals surface area contributed by atoms with Crippen molar-refractivity contribution in [2.75, 3.05) is 13.6 Å². The maximum absolute atomic E-state index is 3.41. The Morgan fingerprint density at radius 1 is 1.33 bits per heavy atom. The minimum atomic E-state index is 1.06. The fourth-order valence-electron chi connectivity index (χ4n) is 0.740. The predicted octanol–water partition coefficient (Wildman–Crippen LogP) is 3.41. The third-order valence-electron chi connectivity index (χ3n) is 1.52. The van der Waals surface area contributed by atoms with Crippen molar-refractivity contribution in [1.29, 1.82) is 0 Å². The van der Waals surface area contributed by atoms with Crippen LogP contribution < -0.4 is 0 Å². The van der Waals surface area contributed by atoms with Gasteiger partial charge in [0.1, 0.15) is 0 Å². The fourth-order valence-corrected chi connectivity index (χ4v) is 1.75. The highest BCUT2D eigenvalue weighted by Gasteiger charge is 1.97. The summed E-state index contributed by atoms with van der Waals surface area (Å²) in [5, 5.41) is 0. The Labute approximate surface area is 86.4 Å². The number of rotatable bonds is 3. The fraction of sp³-hybridized carbons (Fsp3) is 0.333. The van der Waals surface area contributed by atoms with E-state index in [0.717, 1.165) is 11.0 Å². The molecule has 0 radical (unpaired) electrons. The van der Waals surface area contributed by atoms with Gasteiger partial charge in [-0.2, -0.15) is 0 Å². The van der Waals surface area contributed by atoms with Gasteiger partial charge >= 0.3 is 0 Å². The molecule has 1 aromatic carbocycles. The number of hydrogen-bond donors (Lipinski definition) is 0. The highest BCUT2D eigenvalue weighted by atomic mass is 79.9. The lowest BCUT2D eigenvalue weighted by Gasteiger charge is -2.11. The summed E-state index contributed by atoms with van der Waals surface area (Å²) < 4.78 is 3.33. The van der Waals surface area contributed by atoms with Crippen LogP contribution in [0.1, 0.15) is 6.92 Å². The van der Waals surface area contributed by atoms with Crippen LogP contribution in [0.4, 0.5) is 0 Å². The van der Waals surface area contributed by atoms with Crippen LogP contribution in [0.25, 0.3) is 0 Å². The van der Waals surface area contributed by atoms with Gasteiger partial charge in [-0.25, -0.2) is 4.31 Å². The Morgan fingerprint density at radius 3 is 2.42 bits per heavy atom. The van der Waals surface area contributed by atoms with E-state index in [1.807, 2.05) is 0 Å². The smallest absolute Gasteiger partial charge is 0.0231 e. The van der Waals surface area contributed by atoms with Gasteiger partial charge in [0.15, 0.2) is 0 Å². The Hall–Kier alpha value is 0.01000. The van der Waals surface area contributed by atoms with Crippen molar-refractivity contribution in [3.8, 4) is 0 Å². The van der Waals surface area contributed by atoms with Crippen LogP contribution in [-0.2, 0) is 0 Å². The summed E-state index contributed by atoms with van der Waals surface area (Å²) in [5.41, 5.74) is 0. The number of hydrogen-bond acceptors (Lipinski definition) is 2. The summed E-state index contributed by atoms with van der Waals surface area (Å²) in [6.07, 6.45) is 0. The molecule has 0 atom stereocenters. The van der Waals surface area contributed by atoms with E-state index in [2.05, 4.69) is 58.5 Å². The quantitative estimate of drug-likeness (QED) is 0.752. The van der Waals surface area contributed by atoms with E-state index in [-0.39, 0.29) is 0 Å². The van der Waals surface area contributed by atoms with E-state index >= 15 is 0 Å². The van der Waals surface area contributed by atoms with Crippen molar-refractivity contribution in [2.45, 2.75) is 11.8 Å². The molecule has 0 saturated heterocycles. The van der Waals surface area contributed by atoms with E-state index in [1.54, 1.807) is 11.9 Å². The summed E-state index contributed by atoms with van der Waals surface area (Å²) in [6, 6.07) is 8.35. The molecule has 0 aliphatic heterocycles. The molecule has 66 valence electrons. The zero-order valence-electron chi connectivity index (χ0n) is 7.25. The van der Waals surface area contributed by atoms with Crippen LogP contribution in [0.15, 0.2) is 33.6 Å². The maximum atomic E-state index is 3.41. The molecule has 1 aromatic rings. The van der Waals surface area contributed by atoms with Gasteiger partial charge in [-0.05, 0) is 43.3 Å². The second-order valence-corrected chi connectivity index (χ2v) is 4.68. The molecule has 3 heteroatoms.